The quantitative estimate of drug-likeness (QED) is 0.738. The van der Waals surface area contributed by atoms with Crippen molar-refractivity contribution >= 4 is 32.7 Å². The molecule has 3 heterocycles. The van der Waals surface area contributed by atoms with E-state index >= 15 is 0 Å². The van der Waals surface area contributed by atoms with Crippen LogP contribution in [-0.2, 0) is 6.54 Å². The molecule has 0 saturated heterocycles. The molecule has 0 aliphatic heterocycles. The van der Waals surface area contributed by atoms with Gasteiger partial charge in [0.25, 0.3) is 0 Å². The summed E-state index contributed by atoms with van der Waals surface area (Å²) < 4.78 is 0.932. The number of nitrogens with zero attached hydrogens (tertiary/aromatic N) is 4. The first-order chi connectivity index (χ1) is 9.74. The van der Waals surface area contributed by atoms with Gasteiger partial charge < -0.3 is 4.90 Å². The van der Waals surface area contributed by atoms with E-state index in [0.29, 0.717) is 0 Å². The van der Waals surface area contributed by atoms with E-state index in [0.717, 1.165) is 33.4 Å². The average Bonchev–Trinajstić information content (AvgIpc) is 2.47. The van der Waals surface area contributed by atoms with Gasteiger partial charge in [-0.1, -0.05) is 6.07 Å². The van der Waals surface area contributed by atoms with Crippen LogP contribution in [0.2, 0.25) is 0 Å². The summed E-state index contributed by atoms with van der Waals surface area (Å²) in [5.41, 5.74) is 3.85. The minimum absolute atomic E-state index is 0.734. The zero-order chi connectivity index (χ0) is 13.9. The summed E-state index contributed by atoms with van der Waals surface area (Å²) in [6.45, 7) is 0.734. The van der Waals surface area contributed by atoms with Gasteiger partial charge in [0.15, 0.2) is 0 Å². The van der Waals surface area contributed by atoms with Crippen LogP contribution in [0, 0.1) is 0 Å². The molecule has 0 saturated carbocycles. The molecule has 5 heteroatoms. The van der Waals surface area contributed by atoms with Gasteiger partial charge in [-0.25, -0.2) is 0 Å². The summed E-state index contributed by atoms with van der Waals surface area (Å²) >= 11 is 3.42. The highest BCUT2D eigenvalue weighted by Gasteiger charge is 2.09. The maximum atomic E-state index is 4.47. The van der Waals surface area contributed by atoms with E-state index in [-0.39, 0.29) is 0 Å². The molecule has 0 radical (unpaired) electrons. The van der Waals surface area contributed by atoms with Gasteiger partial charge in [-0.15, -0.1) is 0 Å². The Morgan fingerprint density at radius 2 is 2.00 bits per heavy atom. The maximum Gasteiger partial charge on any atom is 0.112 e. The smallest absolute Gasteiger partial charge is 0.112 e. The molecule has 3 aromatic heterocycles. The Kier molecular flexibility index (Phi) is 3.60. The van der Waals surface area contributed by atoms with Crippen LogP contribution in [0.25, 0.3) is 11.0 Å². The number of pyridine rings is 3. The molecule has 0 aliphatic carbocycles. The molecular formula is C15H13BrN4. The number of rotatable bonds is 3. The first-order valence-corrected chi connectivity index (χ1v) is 7.04. The first-order valence-electron chi connectivity index (χ1n) is 6.25. The highest BCUT2D eigenvalue weighted by atomic mass is 79.9. The second-order valence-corrected chi connectivity index (χ2v) is 5.44. The van der Waals surface area contributed by atoms with Crippen LogP contribution in [0.3, 0.4) is 0 Å². The first kappa shape index (κ1) is 13.0. The summed E-state index contributed by atoms with van der Waals surface area (Å²) in [5.74, 6) is 0. The molecular weight excluding hydrogens is 316 g/mol. The number of hydrogen-bond acceptors (Lipinski definition) is 4. The predicted molar refractivity (Wildman–Crippen MR) is 83.6 cm³/mol. The highest BCUT2D eigenvalue weighted by molar-refractivity contribution is 9.10. The van der Waals surface area contributed by atoms with Crippen molar-refractivity contribution in [3.05, 3.63) is 59.1 Å². The van der Waals surface area contributed by atoms with E-state index in [9.17, 15) is 0 Å². The third kappa shape index (κ3) is 2.63. The summed E-state index contributed by atoms with van der Waals surface area (Å²) in [6, 6.07) is 9.89. The van der Waals surface area contributed by atoms with Crippen molar-refractivity contribution < 1.29 is 0 Å². The van der Waals surface area contributed by atoms with Crippen LogP contribution in [-0.4, -0.2) is 22.0 Å². The molecule has 100 valence electrons. The Bertz CT molecular complexity index is 730. The Morgan fingerprint density at radius 3 is 2.80 bits per heavy atom. The fraction of sp³-hybridized carbons (Fsp3) is 0.133. The lowest BCUT2D eigenvalue weighted by molar-refractivity contribution is 0.886. The molecule has 0 bridgehead atoms. The number of aromatic nitrogens is 3. The molecule has 0 aromatic carbocycles. The van der Waals surface area contributed by atoms with E-state index in [1.54, 1.807) is 12.4 Å². The van der Waals surface area contributed by atoms with Gasteiger partial charge in [-0.3, -0.25) is 15.0 Å². The molecule has 3 rings (SSSR count). The molecule has 3 aromatic rings. The Labute approximate surface area is 125 Å². The molecule has 0 atom stereocenters. The van der Waals surface area contributed by atoms with E-state index in [2.05, 4.69) is 35.8 Å². The SMILES string of the molecule is CN(Cc1ccccn1)c1ccnc2cc(Br)cnc12. The van der Waals surface area contributed by atoms with Gasteiger partial charge >= 0.3 is 0 Å². The lowest BCUT2D eigenvalue weighted by Gasteiger charge is -2.19. The van der Waals surface area contributed by atoms with Crippen molar-refractivity contribution in [2.45, 2.75) is 6.54 Å². The lowest BCUT2D eigenvalue weighted by Crippen LogP contribution is -2.17. The largest absolute Gasteiger partial charge is 0.367 e. The van der Waals surface area contributed by atoms with Crippen LogP contribution in [0.15, 0.2) is 53.4 Å². The topological polar surface area (TPSA) is 41.9 Å². The fourth-order valence-electron chi connectivity index (χ4n) is 2.12. The minimum Gasteiger partial charge on any atom is -0.367 e. The second-order valence-electron chi connectivity index (χ2n) is 4.53. The molecule has 0 aliphatic rings. The number of halogens is 1. The van der Waals surface area contributed by atoms with E-state index in [1.807, 2.05) is 43.6 Å². The van der Waals surface area contributed by atoms with Gasteiger partial charge in [-0.05, 0) is 40.2 Å². The monoisotopic (exact) mass is 328 g/mol. The maximum absolute atomic E-state index is 4.47. The molecule has 4 nitrogen and oxygen atoms in total. The van der Waals surface area contributed by atoms with Gasteiger partial charge in [0, 0.05) is 30.1 Å². The zero-order valence-corrected chi connectivity index (χ0v) is 12.6. The molecule has 20 heavy (non-hydrogen) atoms. The van der Waals surface area contributed by atoms with Crippen LogP contribution < -0.4 is 4.90 Å². The number of anilines is 1. The molecule has 0 fully saturated rings. The van der Waals surface area contributed by atoms with Crippen molar-refractivity contribution in [1.82, 2.24) is 15.0 Å². The van der Waals surface area contributed by atoms with Gasteiger partial charge in [0.05, 0.1) is 23.4 Å². The third-order valence-corrected chi connectivity index (χ3v) is 3.49. The van der Waals surface area contributed by atoms with Crippen LogP contribution in [0.1, 0.15) is 5.69 Å². The van der Waals surface area contributed by atoms with Gasteiger partial charge in [0.1, 0.15) is 5.52 Å². The predicted octanol–water partition coefficient (Wildman–Crippen LogP) is 3.42. The Morgan fingerprint density at radius 1 is 1.10 bits per heavy atom. The zero-order valence-electron chi connectivity index (χ0n) is 11.0. The van der Waals surface area contributed by atoms with Crippen LogP contribution in [0.5, 0.6) is 0 Å². The highest BCUT2D eigenvalue weighted by Crippen LogP contribution is 2.25. The van der Waals surface area contributed by atoms with E-state index < -0.39 is 0 Å². The normalized spacial score (nSPS) is 10.7. The number of hydrogen-bond donors (Lipinski definition) is 0. The minimum atomic E-state index is 0.734. The fourth-order valence-corrected chi connectivity index (χ4v) is 2.44. The van der Waals surface area contributed by atoms with E-state index in [4.69, 9.17) is 0 Å². The van der Waals surface area contributed by atoms with Crippen LogP contribution in [0.4, 0.5) is 5.69 Å². The third-order valence-electron chi connectivity index (χ3n) is 3.06. The Balaban J connectivity index is 1.97. The molecule has 0 spiro atoms. The van der Waals surface area contributed by atoms with Crippen LogP contribution >= 0.6 is 15.9 Å². The van der Waals surface area contributed by atoms with Crippen molar-refractivity contribution in [1.29, 1.82) is 0 Å². The standard InChI is InChI=1S/C15H13BrN4/c1-20(10-12-4-2-3-6-17-12)14-5-7-18-13-8-11(16)9-19-15(13)14/h2-9H,10H2,1H3. The second kappa shape index (κ2) is 5.54. The lowest BCUT2D eigenvalue weighted by atomic mass is 10.2. The summed E-state index contributed by atoms with van der Waals surface area (Å²) in [6.07, 6.45) is 5.41. The van der Waals surface area contributed by atoms with Gasteiger partial charge in [0.2, 0.25) is 0 Å². The van der Waals surface area contributed by atoms with Crippen molar-refractivity contribution in [2.24, 2.45) is 0 Å². The summed E-state index contributed by atoms with van der Waals surface area (Å²) in [4.78, 5) is 15.3. The van der Waals surface area contributed by atoms with Crippen molar-refractivity contribution in [3.63, 3.8) is 0 Å². The Hall–Kier alpha value is -2.01. The van der Waals surface area contributed by atoms with Crippen molar-refractivity contribution in [2.75, 3.05) is 11.9 Å². The van der Waals surface area contributed by atoms with Crippen molar-refractivity contribution in [3.8, 4) is 0 Å². The average molecular weight is 329 g/mol. The van der Waals surface area contributed by atoms with Gasteiger partial charge in [-0.2, -0.15) is 0 Å². The molecule has 0 N–H and O–H groups in total. The molecule has 0 unspecified atom stereocenters. The van der Waals surface area contributed by atoms with E-state index in [1.165, 1.54) is 0 Å². The molecule has 0 amide bonds. The summed E-state index contributed by atoms with van der Waals surface area (Å²) in [7, 11) is 2.03. The summed E-state index contributed by atoms with van der Waals surface area (Å²) in [5, 5.41) is 0. The number of fused-ring (bicyclic) bond motifs is 1.